The summed E-state index contributed by atoms with van der Waals surface area (Å²) in [5, 5.41) is 0. The zero-order chi connectivity index (χ0) is 13.7. The van der Waals surface area contributed by atoms with Crippen LogP contribution in [-0.2, 0) is 6.42 Å². The minimum absolute atomic E-state index is 0.299. The maximum Gasteiger partial charge on any atom is 0.0901 e. The maximum atomic E-state index is 5.83. The molecule has 2 nitrogen and oxygen atoms in total. The van der Waals surface area contributed by atoms with E-state index in [1.165, 1.54) is 24.8 Å². The average molecular weight is 276 g/mol. The van der Waals surface area contributed by atoms with E-state index >= 15 is 0 Å². The second kappa shape index (κ2) is 7.01. The standard InChI is InChI=1S/C16H24N2S/c1-2-15(16(17)19)18-10-8-14(9-11-18)12-13-6-4-3-5-7-13/h3-7,14-15H,2,8-12H2,1H3,(H2,17,19). The van der Waals surface area contributed by atoms with Crippen LogP contribution >= 0.6 is 12.2 Å². The van der Waals surface area contributed by atoms with Crippen LogP contribution in [0.15, 0.2) is 30.3 Å². The molecule has 0 aliphatic carbocycles. The molecule has 1 fully saturated rings. The van der Waals surface area contributed by atoms with Crippen molar-refractivity contribution in [3.05, 3.63) is 35.9 Å². The largest absolute Gasteiger partial charge is 0.392 e. The van der Waals surface area contributed by atoms with Crippen LogP contribution in [0.25, 0.3) is 0 Å². The van der Waals surface area contributed by atoms with E-state index in [2.05, 4.69) is 42.2 Å². The summed E-state index contributed by atoms with van der Waals surface area (Å²) >= 11 is 5.17. The first-order valence-corrected chi connectivity index (χ1v) is 7.68. The summed E-state index contributed by atoms with van der Waals surface area (Å²) in [6, 6.07) is 11.1. The van der Waals surface area contributed by atoms with Crippen LogP contribution in [0.3, 0.4) is 0 Å². The Kier molecular flexibility index (Phi) is 5.34. The van der Waals surface area contributed by atoms with Crippen LogP contribution in [0.4, 0.5) is 0 Å². The Labute approximate surface area is 122 Å². The minimum Gasteiger partial charge on any atom is -0.392 e. The molecule has 1 aromatic carbocycles. The van der Waals surface area contributed by atoms with Crippen LogP contribution in [0.5, 0.6) is 0 Å². The van der Waals surface area contributed by atoms with Crippen molar-refractivity contribution in [2.24, 2.45) is 11.7 Å². The Balaban J connectivity index is 1.84. The molecule has 1 aliphatic heterocycles. The van der Waals surface area contributed by atoms with Gasteiger partial charge < -0.3 is 5.73 Å². The molecule has 1 heterocycles. The van der Waals surface area contributed by atoms with E-state index in [0.29, 0.717) is 11.0 Å². The van der Waals surface area contributed by atoms with Gasteiger partial charge in [0, 0.05) is 0 Å². The average Bonchev–Trinajstić information content (AvgIpc) is 2.42. The Bertz CT molecular complexity index is 396. The molecule has 1 atom stereocenters. The highest BCUT2D eigenvalue weighted by Crippen LogP contribution is 2.23. The lowest BCUT2D eigenvalue weighted by atomic mass is 9.89. The van der Waals surface area contributed by atoms with Crippen molar-refractivity contribution in [2.45, 2.75) is 38.6 Å². The predicted molar refractivity (Wildman–Crippen MR) is 85.3 cm³/mol. The van der Waals surface area contributed by atoms with Crippen LogP contribution in [0.1, 0.15) is 31.7 Å². The molecule has 0 saturated carbocycles. The summed E-state index contributed by atoms with van der Waals surface area (Å²) in [6.45, 7) is 4.43. The summed E-state index contributed by atoms with van der Waals surface area (Å²) in [5.74, 6) is 0.808. The Morgan fingerprint density at radius 2 is 1.95 bits per heavy atom. The fourth-order valence-electron chi connectivity index (χ4n) is 3.06. The van der Waals surface area contributed by atoms with Crippen molar-refractivity contribution < 1.29 is 0 Å². The lowest BCUT2D eigenvalue weighted by Crippen LogP contribution is -2.47. The van der Waals surface area contributed by atoms with E-state index in [-0.39, 0.29) is 0 Å². The number of rotatable bonds is 5. The van der Waals surface area contributed by atoms with Gasteiger partial charge in [-0.3, -0.25) is 4.90 Å². The monoisotopic (exact) mass is 276 g/mol. The third-order valence-electron chi connectivity index (χ3n) is 4.17. The van der Waals surface area contributed by atoms with E-state index in [9.17, 15) is 0 Å². The van der Waals surface area contributed by atoms with E-state index in [1.807, 2.05) is 0 Å². The molecular formula is C16H24N2S. The summed E-state index contributed by atoms with van der Waals surface area (Å²) in [6.07, 6.45) is 4.75. The smallest absolute Gasteiger partial charge is 0.0901 e. The number of hydrogen-bond acceptors (Lipinski definition) is 2. The van der Waals surface area contributed by atoms with Gasteiger partial charge in [0.15, 0.2) is 0 Å². The molecule has 2 rings (SSSR count). The number of piperidine rings is 1. The fourth-order valence-corrected chi connectivity index (χ4v) is 3.37. The van der Waals surface area contributed by atoms with Gasteiger partial charge in [-0.2, -0.15) is 0 Å². The van der Waals surface area contributed by atoms with Gasteiger partial charge in [-0.15, -0.1) is 0 Å². The van der Waals surface area contributed by atoms with E-state index in [1.54, 1.807) is 0 Å². The van der Waals surface area contributed by atoms with Crippen molar-refractivity contribution in [1.82, 2.24) is 4.90 Å². The van der Waals surface area contributed by atoms with E-state index < -0.39 is 0 Å². The molecule has 1 aliphatic rings. The number of likely N-dealkylation sites (tertiary alicyclic amines) is 1. The van der Waals surface area contributed by atoms with Crippen LogP contribution in [0.2, 0.25) is 0 Å². The zero-order valence-corrected chi connectivity index (χ0v) is 12.5. The number of benzene rings is 1. The summed E-state index contributed by atoms with van der Waals surface area (Å²) in [5.41, 5.74) is 7.29. The molecule has 1 saturated heterocycles. The SMILES string of the molecule is CCC(C(N)=S)N1CCC(Cc2ccccc2)CC1. The van der Waals surface area contributed by atoms with Crippen LogP contribution in [0, 0.1) is 5.92 Å². The second-order valence-electron chi connectivity index (χ2n) is 5.50. The van der Waals surface area contributed by atoms with Crippen molar-refractivity contribution >= 4 is 17.2 Å². The number of nitrogens with zero attached hydrogens (tertiary/aromatic N) is 1. The number of hydrogen-bond donors (Lipinski definition) is 1. The normalized spacial score (nSPS) is 19.2. The van der Waals surface area contributed by atoms with Gasteiger partial charge in [0.2, 0.25) is 0 Å². The Hall–Kier alpha value is -0.930. The zero-order valence-electron chi connectivity index (χ0n) is 11.7. The lowest BCUT2D eigenvalue weighted by Gasteiger charge is -2.36. The molecular weight excluding hydrogens is 252 g/mol. The molecule has 19 heavy (non-hydrogen) atoms. The Morgan fingerprint density at radius 1 is 1.32 bits per heavy atom. The summed E-state index contributed by atoms with van der Waals surface area (Å²) in [7, 11) is 0. The first-order valence-electron chi connectivity index (χ1n) is 7.28. The molecule has 0 spiro atoms. The molecule has 1 aromatic rings. The molecule has 0 radical (unpaired) electrons. The van der Waals surface area contributed by atoms with E-state index in [0.717, 1.165) is 25.4 Å². The molecule has 0 bridgehead atoms. The number of thiocarbonyl (C=S) groups is 1. The van der Waals surface area contributed by atoms with Crippen LogP contribution in [-0.4, -0.2) is 29.0 Å². The predicted octanol–water partition coefficient (Wildman–Crippen LogP) is 3.01. The van der Waals surface area contributed by atoms with Gasteiger partial charge >= 0.3 is 0 Å². The van der Waals surface area contributed by atoms with Crippen LogP contribution < -0.4 is 5.73 Å². The lowest BCUT2D eigenvalue weighted by molar-refractivity contribution is 0.160. The quantitative estimate of drug-likeness (QED) is 0.838. The Morgan fingerprint density at radius 3 is 2.47 bits per heavy atom. The highest BCUT2D eigenvalue weighted by atomic mass is 32.1. The van der Waals surface area contributed by atoms with Crippen molar-refractivity contribution in [2.75, 3.05) is 13.1 Å². The topological polar surface area (TPSA) is 29.3 Å². The van der Waals surface area contributed by atoms with Gasteiger partial charge in [-0.25, -0.2) is 0 Å². The molecule has 2 N–H and O–H groups in total. The molecule has 1 unspecified atom stereocenters. The number of nitrogens with two attached hydrogens (primary N) is 1. The first kappa shape index (κ1) is 14.5. The van der Waals surface area contributed by atoms with Crippen molar-refractivity contribution in [3.63, 3.8) is 0 Å². The van der Waals surface area contributed by atoms with Gasteiger partial charge in [0.25, 0.3) is 0 Å². The second-order valence-corrected chi connectivity index (χ2v) is 5.97. The van der Waals surface area contributed by atoms with Gasteiger partial charge in [-0.05, 0) is 50.3 Å². The summed E-state index contributed by atoms with van der Waals surface area (Å²) < 4.78 is 0. The first-order chi connectivity index (χ1) is 9.20. The van der Waals surface area contributed by atoms with Gasteiger partial charge in [-0.1, -0.05) is 49.5 Å². The molecule has 104 valence electrons. The molecule has 0 amide bonds. The van der Waals surface area contributed by atoms with E-state index in [4.69, 9.17) is 18.0 Å². The summed E-state index contributed by atoms with van der Waals surface area (Å²) in [4.78, 5) is 3.12. The molecule has 0 aromatic heterocycles. The van der Waals surface area contributed by atoms with Gasteiger partial charge in [0.05, 0.1) is 11.0 Å². The highest BCUT2D eigenvalue weighted by molar-refractivity contribution is 7.80. The third kappa shape index (κ3) is 4.02. The van der Waals surface area contributed by atoms with Gasteiger partial charge in [0.1, 0.15) is 0 Å². The van der Waals surface area contributed by atoms with Crippen molar-refractivity contribution in [3.8, 4) is 0 Å². The third-order valence-corrected chi connectivity index (χ3v) is 4.44. The van der Waals surface area contributed by atoms with Crippen molar-refractivity contribution in [1.29, 1.82) is 0 Å². The molecule has 3 heteroatoms. The fraction of sp³-hybridized carbons (Fsp3) is 0.562. The highest BCUT2D eigenvalue weighted by Gasteiger charge is 2.25. The maximum absolute atomic E-state index is 5.83. The minimum atomic E-state index is 0.299.